The zero-order chi connectivity index (χ0) is 18.2. The Morgan fingerprint density at radius 2 is 1.88 bits per heavy atom. The number of carbonyl (C=O) groups excluding carboxylic acids is 1. The molecule has 7 heteroatoms. The molecule has 0 aliphatic carbocycles. The highest BCUT2D eigenvalue weighted by Crippen LogP contribution is 2.45. The van der Waals surface area contributed by atoms with E-state index in [4.69, 9.17) is 13.8 Å². The number of hydrogen-bond donors (Lipinski definition) is 1. The van der Waals surface area contributed by atoms with Gasteiger partial charge in [-0.1, -0.05) is 32.4 Å². The smallest absolute Gasteiger partial charge is 0.458 e. The molecule has 0 saturated carbocycles. The van der Waals surface area contributed by atoms with Gasteiger partial charge in [-0.3, -0.25) is 4.52 Å². The maximum atomic E-state index is 12.9. The summed E-state index contributed by atoms with van der Waals surface area (Å²) in [6, 6.07) is 6.55. The third kappa shape index (κ3) is 6.63. The molecule has 2 atom stereocenters. The van der Waals surface area contributed by atoms with Crippen LogP contribution in [0, 0.1) is 5.92 Å². The van der Waals surface area contributed by atoms with Crippen LogP contribution >= 0.6 is 7.75 Å². The third-order valence-corrected chi connectivity index (χ3v) is 4.90. The Balaban J connectivity index is 2.98. The molecule has 0 aliphatic heterocycles. The van der Waals surface area contributed by atoms with Crippen molar-refractivity contribution in [2.24, 2.45) is 5.92 Å². The summed E-state index contributed by atoms with van der Waals surface area (Å²) in [4.78, 5) is 12.2. The lowest BCUT2D eigenvalue weighted by molar-refractivity contribution is 0.0375. The van der Waals surface area contributed by atoms with E-state index in [2.05, 4.69) is 12.0 Å². The van der Waals surface area contributed by atoms with Gasteiger partial charge in [0.15, 0.2) is 0 Å². The van der Waals surface area contributed by atoms with Crippen molar-refractivity contribution in [1.29, 1.82) is 0 Å². The van der Waals surface area contributed by atoms with Crippen LogP contribution in [0.25, 0.3) is 0 Å². The number of hydrogen-bond acceptors (Lipinski definition) is 5. The van der Waals surface area contributed by atoms with E-state index in [-0.39, 0.29) is 24.0 Å². The van der Waals surface area contributed by atoms with E-state index < -0.39 is 13.7 Å². The Kier molecular flexibility index (Phi) is 8.46. The minimum absolute atomic E-state index is 0.177. The van der Waals surface area contributed by atoms with Crippen LogP contribution in [0.3, 0.4) is 0 Å². The Hall–Kier alpha value is -1.36. The lowest BCUT2D eigenvalue weighted by Crippen LogP contribution is -2.23. The first-order valence-corrected chi connectivity index (χ1v) is 9.84. The molecular weight excluding hydrogens is 329 g/mol. The summed E-state index contributed by atoms with van der Waals surface area (Å²) in [7, 11) is -3.57. The fraction of sp³-hybridized carbons (Fsp3) is 0.588. The zero-order valence-corrected chi connectivity index (χ0v) is 16.0. The second-order valence-electron chi connectivity index (χ2n) is 5.83. The first-order chi connectivity index (χ1) is 11.3. The van der Waals surface area contributed by atoms with Crippen molar-refractivity contribution in [2.75, 3.05) is 13.2 Å². The second-order valence-corrected chi connectivity index (χ2v) is 7.58. The number of rotatable bonds is 10. The van der Waals surface area contributed by atoms with Crippen LogP contribution < -0.4 is 9.61 Å². The van der Waals surface area contributed by atoms with Gasteiger partial charge in [0, 0.05) is 6.54 Å². The molecule has 0 bridgehead atoms. The van der Waals surface area contributed by atoms with E-state index in [0.717, 1.165) is 6.42 Å². The predicted octanol–water partition coefficient (Wildman–Crippen LogP) is 4.41. The van der Waals surface area contributed by atoms with Crippen LogP contribution in [0.4, 0.5) is 0 Å². The summed E-state index contributed by atoms with van der Waals surface area (Å²) in [5.74, 6) is -0.0225. The lowest BCUT2D eigenvalue weighted by atomic mass is 10.1. The fourth-order valence-corrected chi connectivity index (χ4v) is 3.31. The summed E-state index contributed by atoms with van der Waals surface area (Å²) in [5.41, 5.74) is 0.219. The van der Waals surface area contributed by atoms with Crippen LogP contribution in [0.15, 0.2) is 24.3 Å². The van der Waals surface area contributed by atoms with Gasteiger partial charge in [-0.25, -0.2) is 14.4 Å². The molecular formula is C17H28NO5P. The highest BCUT2D eigenvalue weighted by atomic mass is 31.2. The van der Waals surface area contributed by atoms with Crippen molar-refractivity contribution in [2.45, 2.75) is 47.1 Å². The molecule has 0 saturated heterocycles. The molecule has 0 radical (unpaired) electrons. The van der Waals surface area contributed by atoms with E-state index >= 15 is 0 Å². The van der Waals surface area contributed by atoms with Gasteiger partial charge < -0.3 is 9.26 Å². The van der Waals surface area contributed by atoms with Crippen molar-refractivity contribution in [3.63, 3.8) is 0 Å². The van der Waals surface area contributed by atoms with E-state index in [9.17, 15) is 9.36 Å². The average molecular weight is 357 g/mol. The van der Waals surface area contributed by atoms with Crippen molar-refractivity contribution in [3.8, 4) is 5.75 Å². The number of esters is 1. The highest BCUT2D eigenvalue weighted by molar-refractivity contribution is 7.52. The van der Waals surface area contributed by atoms with Gasteiger partial charge in [0.25, 0.3) is 0 Å². The van der Waals surface area contributed by atoms with Crippen molar-refractivity contribution in [3.05, 3.63) is 29.8 Å². The summed E-state index contributed by atoms with van der Waals surface area (Å²) >= 11 is 0. The minimum atomic E-state index is -3.57. The summed E-state index contributed by atoms with van der Waals surface area (Å²) in [6.07, 6.45) is 0.684. The average Bonchev–Trinajstić information content (AvgIpc) is 2.52. The molecule has 0 amide bonds. The molecule has 136 valence electrons. The van der Waals surface area contributed by atoms with E-state index in [1.165, 1.54) is 0 Å². The number of ether oxygens (including phenoxy) is 1. The van der Waals surface area contributed by atoms with Gasteiger partial charge in [-0.2, -0.15) is 0 Å². The monoisotopic (exact) mass is 357 g/mol. The molecule has 24 heavy (non-hydrogen) atoms. The van der Waals surface area contributed by atoms with Gasteiger partial charge in [0.1, 0.15) is 11.3 Å². The fourth-order valence-electron chi connectivity index (χ4n) is 1.81. The van der Waals surface area contributed by atoms with E-state index in [1.807, 2.05) is 6.92 Å². The molecule has 0 fully saturated rings. The molecule has 6 nitrogen and oxygen atoms in total. The number of para-hydroxylation sites is 1. The van der Waals surface area contributed by atoms with Gasteiger partial charge in [-0.15, -0.1) is 0 Å². The first kappa shape index (κ1) is 20.7. The van der Waals surface area contributed by atoms with Crippen molar-refractivity contribution < 1.29 is 23.1 Å². The van der Waals surface area contributed by atoms with Crippen molar-refractivity contribution in [1.82, 2.24) is 5.09 Å². The zero-order valence-electron chi connectivity index (χ0n) is 15.1. The second kappa shape index (κ2) is 9.82. The minimum Gasteiger partial charge on any atom is -0.459 e. The molecule has 1 N–H and O–H groups in total. The van der Waals surface area contributed by atoms with Crippen LogP contribution in [0.2, 0.25) is 0 Å². The molecule has 0 aliphatic rings. The molecule has 0 heterocycles. The molecule has 2 unspecified atom stereocenters. The summed E-state index contributed by atoms with van der Waals surface area (Å²) < 4.78 is 29.0. The summed E-state index contributed by atoms with van der Waals surface area (Å²) in [6.45, 7) is 10.1. The SMILES string of the molecule is CCOP(=O)(NCC(C)CC)Oc1ccccc1C(=O)OC(C)C. The van der Waals surface area contributed by atoms with Gasteiger partial charge in [-0.05, 0) is 38.8 Å². The molecule has 1 aromatic carbocycles. The van der Waals surface area contributed by atoms with E-state index in [0.29, 0.717) is 12.5 Å². The first-order valence-electron chi connectivity index (χ1n) is 8.30. The van der Waals surface area contributed by atoms with Gasteiger partial charge >= 0.3 is 13.7 Å². The topological polar surface area (TPSA) is 73.9 Å². The van der Waals surface area contributed by atoms with Crippen LogP contribution in [-0.2, 0) is 13.8 Å². The maximum Gasteiger partial charge on any atom is 0.458 e. The Morgan fingerprint density at radius 3 is 2.46 bits per heavy atom. The standard InChI is InChI=1S/C17H28NO5P/c1-6-14(5)12-18-24(20,21-7-2)23-16-11-9-8-10-15(16)17(19)22-13(3)4/h8-11,13-14H,6-7,12H2,1-5H3,(H,18,20). The number of nitrogens with one attached hydrogen (secondary N) is 1. The molecule has 1 aromatic rings. The Bertz CT molecular complexity index is 576. The third-order valence-electron chi connectivity index (χ3n) is 3.30. The highest BCUT2D eigenvalue weighted by Gasteiger charge is 2.28. The van der Waals surface area contributed by atoms with Crippen LogP contribution in [-0.4, -0.2) is 25.2 Å². The maximum absolute atomic E-state index is 12.9. The lowest BCUT2D eigenvalue weighted by Gasteiger charge is -2.22. The van der Waals surface area contributed by atoms with Gasteiger partial charge in [0.2, 0.25) is 0 Å². The van der Waals surface area contributed by atoms with Crippen LogP contribution in [0.5, 0.6) is 5.75 Å². The Labute approximate surface area is 144 Å². The quantitative estimate of drug-likeness (QED) is 0.494. The Morgan fingerprint density at radius 1 is 1.21 bits per heavy atom. The number of carbonyl (C=O) groups is 1. The summed E-state index contributed by atoms with van der Waals surface area (Å²) in [5, 5.41) is 2.86. The van der Waals surface area contributed by atoms with Crippen LogP contribution in [0.1, 0.15) is 51.4 Å². The largest absolute Gasteiger partial charge is 0.459 e. The van der Waals surface area contributed by atoms with E-state index in [1.54, 1.807) is 45.0 Å². The van der Waals surface area contributed by atoms with Crippen molar-refractivity contribution >= 4 is 13.7 Å². The molecule has 1 rings (SSSR count). The van der Waals surface area contributed by atoms with Gasteiger partial charge in [0.05, 0.1) is 12.7 Å². The number of benzene rings is 1. The predicted molar refractivity (Wildman–Crippen MR) is 94.3 cm³/mol. The normalized spacial score (nSPS) is 14.9. The molecule has 0 spiro atoms. The molecule has 0 aromatic heterocycles.